The standard InChI is InChI=1S/C23H24N2O3S/c1-3-28-18-9-7-16(8-10-18)23-24-17(14-29-23)13-21(27)25-12-11-15(2)19-5-4-6-20(26)22(19)25/h4-10,14-15,26H,3,11-13H2,1-2H3/t15-/m1/s1. The number of para-hydroxylation sites is 1. The van der Waals surface area contributed by atoms with Crippen LogP contribution >= 0.6 is 11.3 Å². The van der Waals surface area contributed by atoms with Crippen molar-refractivity contribution < 1.29 is 14.6 Å². The van der Waals surface area contributed by atoms with E-state index >= 15 is 0 Å². The highest BCUT2D eigenvalue weighted by molar-refractivity contribution is 7.13. The van der Waals surface area contributed by atoms with E-state index in [1.807, 2.05) is 48.7 Å². The number of rotatable bonds is 5. The van der Waals surface area contributed by atoms with E-state index in [2.05, 4.69) is 11.9 Å². The van der Waals surface area contributed by atoms with Crippen LogP contribution in [0.15, 0.2) is 47.8 Å². The Hall–Kier alpha value is -2.86. The SMILES string of the molecule is CCOc1ccc(-c2nc(CC(=O)N3CC[C@@H](C)c4cccc(O)c43)cs2)cc1. The van der Waals surface area contributed by atoms with Gasteiger partial charge in [-0.1, -0.05) is 19.1 Å². The van der Waals surface area contributed by atoms with Crippen LogP contribution in [0.25, 0.3) is 10.6 Å². The third-order valence-electron chi connectivity index (χ3n) is 5.23. The van der Waals surface area contributed by atoms with Crippen molar-refractivity contribution in [1.29, 1.82) is 0 Å². The zero-order chi connectivity index (χ0) is 20.4. The Bertz CT molecular complexity index is 1010. The molecule has 1 amide bonds. The fourth-order valence-electron chi connectivity index (χ4n) is 3.71. The number of nitrogens with zero attached hydrogens (tertiary/aromatic N) is 2. The van der Waals surface area contributed by atoms with E-state index in [0.717, 1.165) is 34.0 Å². The minimum Gasteiger partial charge on any atom is -0.506 e. The highest BCUT2D eigenvalue weighted by Crippen LogP contribution is 2.41. The van der Waals surface area contributed by atoms with E-state index in [1.165, 1.54) is 11.3 Å². The maximum Gasteiger partial charge on any atom is 0.233 e. The zero-order valence-corrected chi connectivity index (χ0v) is 17.4. The summed E-state index contributed by atoms with van der Waals surface area (Å²) in [4.78, 5) is 19.4. The first-order chi connectivity index (χ1) is 14.1. The van der Waals surface area contributed by atoms with Gasteiger partial charge in [0, 0.05) is 17.5 Å². The second kappa shape index (κ2) is 8.25. The van der Waals surface area contributed by atoms with Gasteiger partial charge in [0.25, 0.3) is 0 Å². The Morgan fingerprint density at radius 1 is 1.28 bits per heavy atom. The topological polar surface area (TPSA) is 62.7 Å². The molecule has 4 rings (SSSR count). The third-order valence-corrected chi connectivity index (χ3v) is 6.17. The Morgan fingerprint density at radius 2 is 2.07 bits per heavy atom. The highest BCUT2D eigenvalue weighted by atomic mass is 32.1. The van der Waals surface area contributed by atoms with Crippen LogP contribution in [0, 0.1) is 0 Å². The molecule has 0 radical (unpaired) electrons. The van der Waals surface area contributed by atoms with Crippen LogP contribution in [0.5, 0.6) is 11.5 Å². The van der Waals surface area contributed by atoms with Crippen LogP contribution < -0.4 is 9.64 Å². The summed E-state index contributed by atoms with van der Waals surface area (Å²) >= 11 is 1.53. The van der Waals surface area contributed by atoms with Crippen LogP contribution in [0.4, 0.5) is 5.69 Å². The Balaban J connectivity index is 1.51. The first kappa shape index (κ1) is 19.5. The molecule has 1 aromatic heterocycles. The lowest BCUT2D eigenvalue weighted by atomic mass is 9.91. The summed E-state index contributed by atoms with van der Waals surface area (Å²) in [6.45, 7) is 5.33. The number of aromatic nitrogens is 1. The molecule has 29 heavy (non-hydrogen) atoms. The van der Waals surface area contributed by atoms with Crippen molar-refractivity contribution in [2.24, 2.45) is 0 Å². The van der Waals surface area contributed by atoms with Crippen molar-refractivity contribution in [3.05, 3.63) is 59.1 Å². The van der Waals surface area contributed by atoms with Gasteiger partial charge in [-0.2, -0.15) is 0 Å². The van der Waals surface area contributed by atoms with Crippen LogP contribution in [-0.2, 0) is 11.2 Å². The minimum atomic E-state index is -0.0387. The van der Waals surface area contributed by atoms with E-state index in [4.69, 9.17) is 4.74 Å². The number of thiazole rings is 1. The Morgan fingerprint density at radius 3 is 2.83 bits per heavy atom. The van der Waals surface area contributed by atoms with Crippen LogP contribution in [0.2, 0.25) is 0 Å². The van der Waals surface area contributed by atoms with Crippen LogP contribution in [0.3, 0.4) is 0 Å². The molecule has 150 valence electrons. The largest absolute Gasteiger partial charge is 0.506 e. The van der Waals surface area contributed by atoms with Gasteiger partial charge < -0.3 is 14.7 Å². The van der Waals surface area contributed by atoms with E-state index in [1.54, 1.807) is 11.0 Å². The number of hydrogen-bond donors (Lipinski definition) is 1. The zero-order valence-electron chi connectivity index (χ0n) is 16.6. The second-order valence-electron chi connectivity index (χ2n) is 7.23. The summed E-state index contributed by atoms with van der Waals surface area (Å²) in [5.74, 6) is 1.28. The number of phenols is 1. The summed E-state index contributed by atoms with van der Waals surface area (Å²) in [5, 5.41) is 13.2. The van der Waals surface area contributed by atoms with E-state index in [-0.39, 0.29) is 18.1 Å². The fourth-order valence-corrected chi connectivity index (χ4v) is 4.54. The molecule has 0 bridgehead atoms. The van der Waals surface area contributed by atoms with E-state index in [9.17, 15) is 9.90 Å². The predicted molar refractivity (Wildman–Crippen MR) is 116 cm³/mol. The predicted octanol–water partition coefficient (Wildman–Crippen LogP) is 5.00. The number of phenolic OH excluding ortho intramolecular Hbond substituents is 1. The molecule has 6 heteroatoms. The molecule has 0 saturated heterocycles. The van der Waals surface area contributed by atoms with Gasteiger partial charge in [0.15, 0.2) is 0 Å². The highest BCUT2D eigenvalue weighted by Gasteiger charge is 2.29. The molecular weight excluding hydrogens is 384 g/mol. The van der Waals surface area contributed by atoms with Gasteiger partial charge in [0.2, 0.25) is 5.91 Å². The van der Waals surface area contributed by atoms with Crippen molar-refractivity contribution >= 4 is 22.9 Å². The molecule has 1 aliphatic rings. The number of anilines is 1. The molecule has 0 aliphatic carbocycles. The normalized spacial score (nSPS) is 15.8. The Kier molecular flexibility index (Phi) is 5.53. The number of benzene rings is 2. The van der Waals surface area contributed by atoms with Gasteiger partial charge in [0.05, 0.1) is 24.4 Å². The van der Waals surface area contributed by atoms with Crippen molar-refractivity contribution in [2.45, 2.75) is 32.6 Å². The van der Waals surface area contributed by atoms with Crippen molar-refractivity contribution in [1.82, 2.24) is 4.98 Å². The quantitative estimate of drug-likeness (QED) is 0.645. The van der Waals surface area contributed by atoms with Crippen LogP contribution in [-0.4, -0.2) is 29.1 Å². The van der Waals surface area contributed by atoms with E-state index in [0.29, 0.717) is 24.8 Å². The smallest absolute Gasteiger partial charge is 0.233 e. The molecule has 0 fully saturated rings. The van der Waals surface area contributed by atoms with Crippen molar-refractivity contribution in [2.75, 3.05) is 18.1 Å². The summed E-state index contributed by atoms with van der Waals surface area (Å²) in [6, 6.07) is 13.3. The lowest BCUT2D eigenvalue weighted by molar-refractivity contribution is -0.118. The molecule has 0 unspecified atom stereocenters. The number of aromatic hydroxyl groups is 1. The molecule has 5 nitrogen and oxygen atoms in total. The summed E-state index contributed by atoms with van der Waals surface area (Å²) < 4.78 is 5.48. The molecule has 2 heterocycles. The molecule has 1 N–H and O–H groups in total. The van der Waals surface area contributed by atoms with Gasteiger partial charge in [-0.05, 0) is 55.2 Å². The van der Waals surface area contributed by atoms with Gasteiger partial charge in [-0.3, -0.25) is 4.79 Å². The van der Waals surface area contributed by atoms with Crippen molar-refractivity contribution in [3.8, 4) is 22.1 Å². The lowest BCUT2D eigenvalue weighted by Gasteiger charge is -2.33. The first-order valence-electron chi connectivity index (χ1n) is 9.86. The number of carbonyl (C=O) groups is 1. The lowest BCUT2D eigenvalue weighted by Crippen LogP contribution is -2.37. The molecule has 3 aromatic rings. The first-order valence-corrected chi connectivity index (χ1v) is 10.7. The number of fused-ring (bicyclic) bond motifs is 1. The number of hydrogen-bond acceptors (Lipinski definition) is 5. The van der Waals surface area contributed by atoms with Gasteiger partial charge in [0.1, 0.15) is 16.5 Å². The molecule has 0 saturated carbocycles. The minimum absolute atomic E-state index is 0.0387. The molecule has 1 aliphatic heterocycles. The van der Waals surface area contributed by atoms with Gasteiger partial charge >= 0.3 is 0 Å². The average molecular weight is 409 g/mol. The van der Waals surface area contributed by atoms with E-state index < -0.39 is 0 Å². The fraction of sp³-hybridized carbons (Fsp3) is 0.304. The molecular formula is C23H24N2O3S. The number of ether oxygens (including phenoxy) is 1. The van der Waals surface area contributed by atoms with Crippen molar-refractivity contribution in [3.63, 3.8) is 0 Å². The van der Waals surface area contributed by atoms with Crippen LogP contribution in [0.1, 0.15) is 37.4 Å². The summed E-state index contributed by atoms with van der Waals surface area (Å²) in [5.41, 5.74) is 3.43. The maximum absolute atomic E-state index is 13.0. The third kappa shape index (κ3) is 3.98. The number of carbonyl (C=O) groups excluding carboxylic acids is 1. The Labute approximate surface area is 174 Å². The maximum atomic E-state index is 13.0. The number of amides is 1. The monoisotopic (exact) mass is 408 g/mol. The molecule has 1 atom stereocenters. The molecule has 0 spiro atoms. The van der Waals surface area contributed by atoms with Gasteiger partial charge in [-0.15, -0.1) is 11.3 Å². The molecule has 2 aromatic carbocycles. The summed E-state index contributed by atoms with van der Waals surface area (Å²) in [6.07, 6.45) is 1.10. The van der Waals surface area contributed by atoms with Gasteiger partial charge in [-0.25, -0.2) is 4.98 Å². The average Bonchev–Trinajstić information content (AvgIpc) is 3.18. The second-order valence-corrected chi connectivity index (χ2v) is 8.09. The summed E-state index contributed by atoms with van der Waals surface area (Å²) in [7, 11) is 0.